The van der Waals surface area contributed by atoms with Gasteiger partial charge in [0.25, 0.3) is 0 Å². The number of hydrogen-bond acceptors (Lipinski definition) is 4. The van der Waals surface area contributed by atoms with Gasteiger partial charge in [0.15, 0.2) is 0 Å². The summed E-state index contributed by atoms with van der Waals surface area (Å²) < 4.78 is 12.0. The summed E-state index contributed by atoms with van der Waals surface area (Å²) in [5, 5.41) is 9.47. The first kappa shape index (κ1) is 18.9. The average Bonchev–Trinajstić information content (AvgIpc) is 3.16. The molecule has 2 aromatic carbocycles. The minimum Gasteiger partial charge on any atom is -0.462 e. The molecule has 0 saturated heterocycles. The minimum atomic E-state index is -0.364. The van der Waals surface area contributed by atoms with Gasteiger partial charge in [0.1, 0.15) is 11.5 Å². The van der Waals surface area contributed by atoms with Crippen molar-refractivity contribution in [3.63, 3.8) is 0 Å². The highest BCUT2D eigenvalue weighted by molar-refractivity contribution is 14.1. The van der Waals surface area contributed by atoms with Crippen molar-refractivity contribution < 1.29 is 13.9 Å². The largest absolute Gasteiger partial charge is 0.462 e. The molecule has 0 aliphatic carbocycles. The van der Waals surface area contributed by atoms with Crippen molar-refractivity contribution in [2.75, 3.05) is 6.61 Å². The van der Waals surface area contributed by atoms with Gasteiger partial charge in [-0.15, -0.1) is 0 Å². The van der Waals surface area contributed by atoms with Crippen LogP contribution in [0.15, 0.2) is 65.1 Å². The fourth-order valence-electron chi connectivity index (χ4n) is 2.55. The molecule has 5 heteroatoms. The van der Waals surface area contributed by atoms with Crippen LogP contribution in [0, 0.1) is 14.9 Å². The van der Waals surface area contributed by atoms with Gasteiger partial charge >= 0.3 is 5.97 Å². The number of benzene rings is 2. The zero-order valence-electron chi connectivity index (χ0n) is 14.6. The molecule has 0 bridgehead atoms. The number of ether oxygens (including phenoxy) is 1. The van der Waals surface area contributed by atoms with E-state index in [-0.39, 0.29) is 5.97 Å². The summed E-state index contributed by atoms with van der Waals surface area (Å²) in [5.41, 5.74) is 2.60. The fourth-order valence-corrected chi connectivity index (χ4v) is 2.91. The zero-order valence-corrected chi connectivity index (χ0v) is 16.8. The van der Waals surface area contributed by atoms with Gasteiger partial charge in [0, 0.05) is 9.13 Å². The van der Waals surface area contributed by atoms with Crippen LogP contribution in [0.1, 0.15) is 28.6 Å². The standard InChI is InChI=1S/C22H16INO3/c1-2-26-22(25)17-5-3-4-16(12-17)21-11-10-20(27-21)13-18(14-24)15-6-8-19(23)9-7-15/h3-13H,2H2,1H3/b18-13-. The second-order valence-electron chi connectivity index (χ2n) is 5.68. The summed E-state index contributed by atoms with van der Waals surface area (Å²) in [5.74, 6) is 0.824. The van der Waals surface area contributed by atoms with Crippen molar-refractivity contribution in [2.24, 2.45) is 0 Å². The maximum atomic E-state index is 11.9. The maximum Gasteiger partial charge on any atom is 0.338 e. The van der Waals surface area contributed by atoms with E-state index in [0.29, 0.717) is 29.3 Å². The van der Waals surface area contributed by atoms with Crippen molar-refractivity contribution in [1.82, 2.24) is 0 Å². The molecule has 0 radical (unpaired) electrons. The number of carbonyl (C=O) groups is 1. The van der Waals surface area contributed by atoms with Crippen molar-refractivity contribution >= 4 is 40.2 Å². The lowest BCUT2D eigenvalue weighted by Crippen LogP contribution is -2.04. The molecule has 0 N–H and O–H groups in total. The normalized spacial score (nSPS) is 11.1. The van der Waals surface area contributed by atoms with Crippen LogP contribution in [-0.2, 0) is 4.74 Å². The molecule has 3 aromatic rings. The quantitative estimate of drug-likeness (QED) is 0.270. The van der Waals surface area contributed by atoms with Gasteiger partial charge in [-0.1, -0.05) is 24.3 Å². The smallest absolute Gasteiger partial charge is 0.338 e. The molecule has 1 aromatic heterocycles. The van der Waals surface area contributed by atoms with Crippen molar-refractivity contribution in [3.05, 3.63) is 81.1 Å². The van der Waals surface area contributed by atoms with Gasteiger partial charge in [-0.05, 0) is 77.6 Å². The Hall–Kier alpha value is -2.85. The summed E-state index contributed by atoms with van der Waals surface area (Å²) >= 11 is 2.22. The van der Waals surface area contributed by atoms with Crippen LogP contribution in [-0.4, -0.2) is 12.6 Å². The van der Waals surface area contributed by atoms with E-state index in [1.807, 2.05) is 36.4 Å². The van der Waals surface area contributed by atoms with E-state index in [1.54, 1.807) is 37.3 Å². The van der Waals surface area contributed by atoms with Crippen LogP contribution >= 0.6 is 22.6 Å². The monoisotopic (exact) mass is 469 g/mol. The Labute approximate surface area is 171 Å². The van der Waals surface area contributed by atoms with E-state index < -0.39 is 0 Å². The van der Waals surface area contributed by atoms with E-state index in [9.17, 15) is 10.1 Å². The van der Waals surface area contributed by atoms with Gasteiger partial charge in [-0.25, -0.2) is 4.79 Å². The molecule has 0 fully saturated rings. The Bertz CT molecular complexity index is 1030. The SMILES string of the molecule is CCOC(=O)c1cccc(-c2ccc(/C=C(/C#N)c3ccc(I)cc3)o2)c1. The molecule has 1 heterocycles. The Balaban J connectivity index is 1.88. The van der Waals surface area contributed by atoms with Crippen molar-refractivity contribution in [1.29, 1.82) is 5.26 Å². The molecule has 0 aliphatic rings. The van der Waals surface area contributed by atoms with Crippen LogP contribution in [0.25, 0.3) is 23.0 Å². The Morgan fingerprint density at radius 2 is 1.93 bits per heavy atom. The van der Waals surface area contributed by atoms with Crippen LogP contribution in [0.3, 0.4) is 0 Å². The van der Waals surface area contributed by atoms with Crippen LogP contribution in [0.2, 0.25) is 0 Å². The minimum absolute atomic E-state index is 0.328. The Morgan fingerprint density at radius 3 is 2.63 bits per heavy atom. The predicted molar refractivity (Wildman–Crippen MR) is 113 cm³/mol. The molecule has 134 valence electrons. The lowest BCUT2D eigenvalue weighted by atomic mass is 10.1. The molecular weight excluding hydrogens is 453 g/mol. The number of nitriles is 1. The highest BCUT2D eigenvalue weighted by Gasteiger charge is 2.10. The van der Waals surface area contributed by atoms with Crippen molar-refractivity contribution in [2.45, 2.75) is 6.92 Å². The van der Waals surface area contributed by atoms with E-state index in [0.717, 1.165) is 14.7 Å². The summed E-state index contributed by atoms with van der Waals surface area (Å²) in [6.45, 7) is 2.10. The molecule has 0 aliphatic heterocycles. The molecule has 3 rings (SSSR count). The highest BCUT2D eigenvalue weighted by Crippen LogP contribution is 2.26. The van der Waals surface area contributed by atoms with Gasteiger partial charge < -0.3 is 9.15 Å². The number of halogens is 1. The number of nitrogens with zero attached hydrogens (tertiary/aromatic N) is 1. The number of carbonyl (C=O) groups excluding carboxylic acids is 1. The molecule has 0 spiro atoms. The molecule has 0 atom stereocenters. The molecule has 0 saturated carbocycles. The molecule has 4 nitrogen and oxygen atoms in total. The number of hydrogen-bond donors (Lipinski definition) is 0. The Morgan fingerprint density at radius 1 is 1.15 bits per heavy atom. The third kappa shape index (κ3) is 4.66. The first-order valence-corrected chi connectivity index (χ1v) is 9.43. The van der Waals surface area contributed by atoms with Gasteiger partial charge in [0.2, 0.25) is 0 Å². The molecule has 0 amide bonds. The fraction of sp³-hybridized carbons (Fsp3) is 0.0909. The molecular formula is C22H16INO3. The van der Waals surface area contributed by atoms with Gasteiger partial charge in [0.05, 0.1) is 23.8 Å². The second-order valence-corrected chi connectivity index (χ2v) is 6.93. The average molecular weight is 469 g/mol. The van der Waals surface area contributed by atoms with Crippen LogP contribution in [0.5, 0.6) is 0 Å². The van der Waals surface area contributed by atoms with Crippen LogP contribution < -0.4 is 0 Å². The van der Waals surface area contributed by atoms with E-state index in [2.05, 4.69) is 28.7 Å². The first-order valence-electron chi connectivity index (χ1n) is 8.36. The third-order valence-corrected chi connectivity index (χ3v) is 4.57. The lowest BCUT2D eigenvalue weighted by Gasteiger charge is -2.03. The summed E-state index contributed by atoms with van der Waals surface area (Å²) in [7, 11) is 0. The molecule has 0 unspecified atom stereocenters. The van der Waals surface area contributed by atoms with E-state index >= 15 is 0 Å². The molecule has 27 heavy (non-hydrogen) atoms. The number of rotatable bonds is 5. The van der Waals surface area contributed by atoms with Crippen LogP contribution in [0.4, 0.5) is 0 Å². The third-order valence-electron chi connectivity index (χ3n) is 3.85. The number of allylic oxidation sites excluding steroid dienone is 1. The zero-order chi connectivity index (χ0) is 19.2. The first-order chi connectivity index (χ1) is 13.1. The summed E-state index contributed by atoms with van der Waals surface area (Å²) in [6.07, 6.45) is 1.71. The van der Waals surface area contributed by atoms with Gasteiger partial charge in [-0.2, -0.15) is 5.26 Å². The van der Waals surface area contributed by atoms with E-state index in [4.69, 9.17) is 9.15 Å². The highest BCUT2D eigenvalue weighted by atomic mass is 127. The summed E-state index contributed by atoms with van der Waals surface area (Å²) in [4.78, 5) is 11.9. The van der Waals surface area contributed by atoms with Crippen molar-refractivity contribution in [3.8, 4) is 17.4 Å². The van der Waals surface area contributed by atoms with Gasteiger partial charge in [-0.3, -0.25) is 0 Å². The Kier molecular flexibility index (Phi) is 6.09. The lowest BCUT2D eigenvalue weighted by molar-refractivity contribution is 0.0526. The second kappa shape index (κ2) is 8.69. The number of esters is 1. The summed E-state index contributed by atoms with van der Waals surface area (Å²) in [6, 6.07) is 20.6. The maximum absolute atomic E-state index is 11.9. The predicted octanol–water partition coefficient (Wildman–Crippen LogP) is 5.79. The topological polar surface area (TPSA) is 63.2 Å². The van der Waals surface area contributed by atoms with E-state index in [1.165, 1.54) is 0 Å². The number of furan rings is 1.